The molecular weight excluding hydrogens is 775 g/mol. The van der Waals surface area contributed by atoms with Crippen LogP contribution < -0.4 is 0 Å². The summed E-state index contributed by atoms with van der Waals surface area (Å²) in [6, 6.07) is 0. The number of aliphatic hydroxyl groups is 5. The fraction of sp³-hybridized carbons (Fsp3) is 0.935. The minimum atomic E-state index is -5.01. The highest BCUT2D eigenvalue weighted by molar-refractivity contribution is 7.47. The van der Waals surface area contributed by atoms with E-state index < -0.39 is 63.1 Å². The third-order valence-electron chi connectivity index (χ3n) is 11.4. The molecule has 0 spiro atoms. The van der Waals surface area contributed by atoms with Crippen molar-refractivity contribution >= 4 is 13.8 Å². The number of carbonyl (C=O) groups excluding carboxylic acids is 1. The standard InChI is InChI=1S/C46H89O12P/c1-3-5-7-9-11-13-15-16-17-18-19-20-21-22-23-24-26-28-30-32-34-36-55-37-39(57-40(47)35-33-31-29-27-25-14-12-10-8-6-4-2)38-56-59(53,54)58-46-44(51)42(49)41(48)43(50)45(46)52/h10,12,39,41-46,48-52H,3-9,11,13-38H2,1-2H3,(H,53,54)/b12-10-. The van der Waals surface area contributed by atoms with Gasteiger partial charge in [0, 0.05) is 13.0 Å². The highest BCUT2D eigenvalue weighted by Gasteiger charge is 2.51. The number of carbonyl (C=O) groups is 1. The number of hydrogen-bond donors (Lipinski definition) is 6. The van der Waals surface area contributed by atoms with Gasteiger partial charge in [0.2, 0.25) is 0 Å². The molecule has 13 heteroatoms. The summed E-state index contributed by atoms with van der Waals surface area (Å²) in [6.45, 7) is 4.23. The maximum atomic E-state index is 12.8. The zero-order valence-electron chi connectivity index (χ0n) is 37.3. The Hall–Kier alpha value is -0.920. The van der Waals surface area contributed by atoms with Crippen LogP contribution in [-0.2, 0) is 27.9 Å². The number of aliphatic hydroxyl groups excluding tert-OH is 5. The van der Waals surface area contributed by atoms with Crippen LogP contribution in [0.2, 0.25) is 0 Å². The van der Waals surface area contributed by atoms with Crippen molar-refractivity contribution < 1.29 is 58.3 Å². The fourth-order valence-corrected chi connectivity index (χ4v) is 8.49. The van der Waals surface area contributed by atoms with Crippen LogP contribution in [-0.4, -0.2) is 98.9 Å². The van der Waals surface area contributed by atoms with E-state index in [1.165, 1.54) is 128 Å². The number of hydrogen-bond acceptors (Lipinski definition) is 11. The first-order chi connectivity index (χ1) is 28.5. The lowest BCUT2D eigenvalue weighted by atomic mass is 9.85. The first-order valence-electron chi connectivity index (χ1n) is 24.0. The highest BCUT2D eigenvalue weighted by Crippen LogP contribution is 2.47. The predicted octanol–water partition coefficient (Wildman–Crippen LogP) is 9.92. The van der Waals surface area contributed by atoms with Gasteiger partial charge in [-0.1, -0.05) is 187 Å². The van der Waals surface area contributed by atoms with E-state index in [2.05, 4.69) is 26.0 Å². The van der Waals surface area contributed by atoms with Gasteiger partial charge in [-0.25, -0.2) is 4.57 Å². The molecule has 59 heavy (non-hydrogen) atoms. The molecule has 0 heterocycles. The summed E-state index contributed by atoms with van der Waals surface area (Å²) in [4.78, 5) is 23.1. The zero-order valence-corrected chi connectivity index (χ0v) is 38.2. The van der Waals surface area contributed by atoms with Gasteiger partial charge in [0.05, 0.1) is 13.2 Å². The molecule has 0 aromatic heterocycles. The van der Waals surface area contributed by atoms with Gasteiger partial charge in [-0.05, 0) is 32.1 Å². The molecule has 1 rings (SSSR count). The SMILES string of the molecule is CCCC/C=C\CCCCCCCC(=O)OC(COCCCCCCCCCCCCCCCCCCCCCCC)COP(=O)(O)OC1C(O)C(O)C(O)C(O)C1O. The minimum absolute atomic E-state index is 0.0744. The minimum Gasteiger partial charge on any atom is -0.457 e. The first kappa shape index (κ1) is 56.1. The van der Waals surface area contributed by atoms with Crippen LogP contribution in [0.4, 0.5) is 0 Å². The average Bonchev–Trinajstić information content (AvgIpc) is 3.22. The van der Waals surface area contributed by atoms with E-state index in [4.69, 9.17) is 18.5 Å². The van der Waals surface area contributed by atoms with Gasteiger partial charge in [0.1, 0.15) is 42.7 Å². The molecule has 6 atom stereocenters. The maximum absolute atomic E-state index is 12.8. The zero-order chi connectivity index (χ0) is 43.4. The molecule has 0 radical (unpaired) electrons. The van der Waals surface area contributed by atoms with Gasteiger partial charge in [-0.15, -0.1) is 0 Å². The Morgan fingerprint density at radius 2 is 0.915 bits per heavy atom. The van der Waals surface area contributed by atoms with Crippen molar-refractivity contribution in [3.8, 4) is 0 Å². The second kappa shape index (κ2) is 37.6. The smallest absolute Gasteiger partial charge is 0.457 e. The van der Waals surface area contributed by atoms with Crippen LogP contribution in [0.15, 0.2) is 12.2 Å². The summed E-state index contributed by atoms with van der Waals surface area (Å²) in [5, 5.41) is 50.1. The van der Waals surface area contributed by atoms with Crippen LogP contribution in [0.25, 0.3) is 0 Å². The van der Waals surface area contributed by atoms with Gasteiger partial charge in [-0.2, -0.15) is 0 Å². The van der Waals surface area contributed by atoms with E-state index in [0.717, 1.165) is 57.8 Å². The van der Waals surface area contributed by atoms with Crippen LogP contribution in [0, 0.1) is 0 Å². The Kier molecular flexibility index (Phi) is 35.8. The third-order valence-corrected chi connectivity index (χ3v) is 12.4. The summed E-state index contributed by atoms with van der Waals surface area (Å²) in [5.41, 5.74) is 0. The summed E-state index contributed by atoms with van der Waals surface area (Å²) >= 11 is 0. The lowest BCUT2D eigenvalue weighted by molar-refractivity contribution is -0.220. The topological polar surface area (TPSA) is 192 Å². The Morgan fingerprint density at radius 1 is 0.525 bits per heavy atom. The molecule has 1 fully saturated rings. The average molecular weight is 865 g/mol. The van der Waals surface area contributed by atoms with Crippen LogP contribution in [0.3, 0.4) is 0 Å². The number of phosphoric ester groups is 1. The molecule has 1 saturated carbocycles. The van der Waals surface area contributed by atoms with Gasteiger partial charge in [0.25, 0.3) is 0 Å². The molecule has 1 aliphatic carbocycles. The fourth-order valence-electron chi connectivity index (χ4n) is 7.51. The molecule has 1 aliphatic rings. The Labute approximate surface area is 358 Å². The number of ether oxygens (including phenoxy) is 2. The lowest BCUT2D eigenvalue weighted by Crippen LogP contribution is -2.64. The number of esters is 1. The van der Waals surface area contributed by atoms with Crippen molar-refractivity contribution in [3.05, 3.63) is 12.2 Å². The Balaban J connectivity index is 2.31. The van der Waals surface area contributed by atoms with E-state index in [-0.39, 0.29) is 13.0 Å². The maximum Gasteiger partial charge on any atom is 0.472 e. The molecule has 0 amide bonds. The summed E-state index contributed by atoms with van der Waals surface area (Å²) in [7, 11) is -5.01. The van der Waals surface area contributed by atoms with E-state index in [0.29, 0.717) is 13.0 Å². The molecule has 6 unspecified atom stereocenters. The number of allylic oxidation sites excluding steroid dienone is 2. The third kappa shape index (κ3) is 29.9. The summed E-state index contributed by atoms with van der Waals surface area (Å²) in [6.07, 6.45) is 28.7. The molecule has 12 nitrogen and oxygen atoms in total. The van der Waals surface area contributed by atoms with Crippen molar-refractivity contribution in [3.63, 3.8) is 0 Å². The quantitative estimate of drug-likeness (QED) is 0.0148. The van der Waals surface area contributed by atoms with Gasteiger partial charge < -0.3 is 39.9 Å². The predicted molar refractivity (Wildman–Crippen MR) is 235 cm³/mol. The highest BCUT2D eigenvalue weighted by atomic mass is 31.2. The van der Waals surface area contributed by atoms with Crippen LogP contribution in [0.1, 0.15) is 213 Å². The second-order valence-corrected chi connectivity index (χ2v) is 18.4. The molecule has 0 aromatic rings. The van der Waals surface area contributed by atoms with Gasteiger partial charge >= 0.3 is 13.8 Å². The lowest BCUT2D eigenvalue weighted by Gasteiger charge is -2.41. The second-order valence-electron chi connectivity index (χ2n) is 17.0. The number of unbranched alkanes of at least 4 members (excludes halogenated alkanes) is 27. The molecule has 6 N–H and O–H groups in total. The van der Waals surface area contributed by atoms with Crippen molar-refractivity contribution in [2.24, 2.45) is 0 Å². The van der Waals surface area contributed by atoms with Crippen LogP contribution in [0.5, 0.6) is 0 Å². The van der Waals surface area contributed by atoms with Crippen molar-refractivity contribution in [2.75, 3.05) is 19.8 Å². The number of rotatable bonds is 41. The van der Waals surface area contributed by atoms with E-state index in [1.54, 1.807) is 0 Å². The van der Waals surface area contributed by atoms with Gasteiger partial charge in [-0.3, -0.25) is 13.8 Å². The molecule has 0 saturated heterocycles. The molecule has 0 aromatic carbocycles. The van der Waals surface area contributed by atoms with Gasteiger partial charge in [0.15, 0.2) is 0 Å². The van der Waals surface area contributed by atoms with E-state index >= 15 is 0 Å². The Bertz CT molecular complexity index is 1030. The monoisotopic (exact) mass is 865 g/mol. The van der Waals surface area contributed by atoms with E-state index in [9.17, 15) is 39.8 Å². The molecule has 0 aliphatic heterocycles. The van der Waals surface area contributed by atoms with Crippen molar-refractivity contribution in [1.82, 2.24) is 0 Å². The van der Waals surface area contributed by atoms with Crippen molar-refractivity contribution in [1.29, 1.82) is 0 Å². The summed E-state index contributed by atoms with van der Waals surface area (Å²) in [5.74, 6) is -0.484. The van der Waals surface area contributed by atoms with Crippen molar-refractivity contribution in [2.45, 2.75) is 256 Å². The largest absolute Gasteiger partial charge is 0.472 e. The Morgan fingerprint density at radius 3 is 1.39 bits per heavy atom. The van der Waals surface area contributed by atoms with Crippen LogP contribution >= 0.6 is 7.82 Å². The van der Waals surface area contributed by atoms with E-state index in [1.807, 2.05) is 0 Å². The first-order valence-corrected chi connectivity index (χ1v) is 25.5. The summed E-state index contributed by atoms with van der Waals surface area (Å²) < 4.78 is 34.2. The molecule has 0 bridgehead atoms. The number of phosphoric acid groups is 1. The molecule has 350 valence electrons. The molecular formula is C46H89O12P. The normalized spacial score (nSPS) is 22.5.